The van der Waals surface area contributed by atoms with E-state index in [0.717, 1.165) is 25.7 Å². The SMILES string of the molecule is CCCn1c(C2CCOCC2)c(C2CCCCC2)c2cc3[nH]ncc3cc21. The van der Waals surface area contributed by atoms with Gasteiger partial charge in [0.15, 0.2) is 0 Å². The third kappa shape index (κ3) is 2.98. The average Bonchev–Trinajstić information content (AvgIpc) is 3.30. The highest BCUT2D eigenvalue weighted by Gasteiger charge is 2.30. The highest BCUT2D eigenvalue weighted by molar-refractivity contribution is 5.98. The number of hydrogen-bond acceptors (Lipinski definition) is 2. The van der Waals surface area contributed by atoms with Crippen molar-refractivity contribution in [3.63, 3.8) is 0 Å². The van der Waals surface area contributed by atoms with Crippen LogP contribution in [0, 0.1) is 0 Å². The Hall–Kier alpha value is -1.81. The largest absolute Gasteiger partial charge is 0.381 e. The minimum atomic E-state index is 0.645. The average molecular weight is 366 g/mol. The van der Waals surface area contributed by atoms with Gasteiger partial charge < -0.3 is 9.30 Å². The molecule has 3 heterocycles. The molecule has 1 aliphatic carbocycles. The summed E-state index contributed by atoms with van der Waals surface area (Å²) in [7, 11) is 0. The first-order valence-electron chi connectivity index (χ1n) is 10.9. The zero-order valence-electron chi connectivity index (χ0n) is 16.5. The van der Waals surface area contributed by atoms with Crippen LogP contribution in [-0.2, 0) is 11.3 Å². The molecule has 5 rings (SSSR count). The highest BCUT2D eigenvalue weighted by Crippen LogP contribution is 2.45. The van der Waals surface area contributed by atoms with Gasteiger partial charge in [-0.3, -0.25) is 5.10 Å². The number of benzene rings is 1. The molecule has 0 bridgehead atoms. The number of hydrogen-bond donors (Lipinski definition) is 1. The van der Waals surface area contributed by atoms with Crippen molar-refractivity contribution < 1.29 is 4.74 Å². The number of H-pyrrole nitrogens is 1. The Morgan fingerprint density at radius 3 is 2.67 bits per heavy atom. The molecule has 2 fully saturated rings. The lowest BCUT2D eigenvalue weighted by atomic mass is 9.80. The molecule has 2 aliphatic rings. The van der Waals surface area contributed by atoms with E-state index >= 15 is 0 Å². The molecule has 0 amide bonds. The normalized spacial score (nSPS) is 20.0. The number of rotatable bonds is 4. The van der Waals surface area contributed by atoms with Crippen molar-refractivity contribution in [2.24, 2.45) is 0 Å². The van der Waals surface area contributed by atoms with Crippen molar-refractivity contribution >= 4 is 21.8 Å². The number of aryl methyl sites for hydroxylation is 1. The van der Waals surface area contributed by atoms with E-state index in [4.69, 9.17) is 4.74 Å². The number of aromatic amines is 1. The molecular formula is C23H31N3O. The molecule has 3 aromatic rings. The Balaban J connectivity index is 1.77. The molecule has 2 aromatic heterocycles. The molecule has 1 saturated heterocycles. The van der Waals surface area contributed by atoms with Crippen LogP contribution < -0.4 is 0 Å². The molecule has 1 N–H and O–H groups in total. The van der Waals surface area contributed by atoms with Crippen molar-refractivity contribution in [2.45, 2.75) is 76.7 Å². The van der Waals surface area contributed by atoms with Crippen LogP contribution in [0.4, 0.5) is 0 Å². The molecule has 144 valence electrons. The number of fused-ring (bicyclic) bond motifs is 2. The van der Waals surface area contributed by atoms with Crippen molar-refractivity contribution in [3.8, 4) is 0 Å². The van der Waals surface area contributed by atoms with Crippen LogP contribution in [0.5, 0.6) is 0 Å². The molecule has 0 atom stereocenters. The number of aromatic nitrogens is 3. The van der Waals surface area contributed by atoms with Gasteiger partial charge in [-0.05, 0) is 55.7 Å². The maximum atomic E-state index is 5.71. The lowest BCUT2D eigenvalue weighted by Crippen LogP contribution is -2.20. The molecule has 0 spiro atoms. The first-order chi connectivity index (χ1) is 13.4. The summed E-state index contributed by atoms with van der Waals surface area (Å²) in [6.45, 7) is 5.23. The molecule has 0 unspecified atom stereocenters. The fourth-order valence-corrected chi connectivity index (χ4v) is 5.53. The molecule has 1 aliphatic heterocycles. The third-order valence-corrected chi connectivity index (χ3v) is 6.77. The summed E-state index contributed by atoms with van der Waals surface area (Å²) in [5.74, 6) is 1.36. The van der Waals surface area contributed by atoms with Crippen molar-refractivity contribution in [1.29, 1.82) is 0 Å². The van der Waals surface area contributed by atoms with Crippen LogP contribution in [0.25, 0.3) is 21.8 Å². The second kappa shape index (κ2) is 7.31. The second-order valence-corrected chi connectivity index (χ2v) is 8.50. The Morgan fingerprint density at radius 1 is 1.07 bits per heavy atom. The fraction of sp³-hybridized carbons (Fsp3) is 0.609. The van der Waals surface area contributed by atoms with Crippen LogP contribution in [-0.4, -0.2) is 28.0 Å². The van der Waals surface area contributed by atoms with Gasteiger partial charge in [0.1, 0.15) is 0 Å². The summed E-state index contributed by atoms with van der Waals surface area (Å²) < 4.78 is 8.38. The standard InChI is InChI=1S/C23H31N3O/c1-2-10-26-21-13-18-15-24-25-20(18)14-19(21)22(16-6-4-3-5-7-16)23(26)17-8-11-27-12-9-17/h13-17H,2-12H2,1H3,(H,24,25). The van der Waals surface area contributed by atoms with E-state index in [2.05, 4.69) is 33.8 Å². The van der Waals surface area contributed by atoms with Gasteiger partial charge in [0.2, 0.25) is 0 Å². The van der Waals surface area contributed by atoms with E-state index in [1.807, 2.05) is 6.20 Å². The van der Waals surface area contributed by atoms with Crippen molar-refractivity contribution in [3.05, 3.63) is 29.6 Å². The van der Waals surface area contributed by atoms with Crippen LogP contribution in [0.1, 0.15) is 81.4 Å². The predicted molar refractivity (Wildman–Crippen MR) is 111 cm³/mol. The summed E-state index contributed by atoms with van der Waals surface area (Å²) in [5, 5.41) is 10.2. The van der Waals surface area contributed by atoms with Gasteiger partial charge >= 0.3 is 0 Å². The first-order valence-corrected chi connectivity index (χ1v) is 10.9. The maximum Gasteiger partial charge on any atom is 0.0657 e. The summed E-state index contributed by atoms with van der Waals surface area (Å²) in [6, 6.07) is 4.76. The lowest BCUT2D eigenvalue weighted by molar-refractivity contribution is 0.0835. The van der Waals surface area contributed by atoms with Crippen molar-refractivity contribution in [1.82, 2.24) is 14.8 Å². The van der Waals surface area contributed by atoms with Gasteiger partial charge in [0.05, 0.1) is 11.7 Å². The van der Waals surface area contributed by atoms with Gasteiger partial charge in [0, 0.05) is 47.7 Å². The van der Waals surface area contributed by atoms with E-state index in [0.29, 0.717) is 5.92 Å². The van der Waals surface area contributed by atoms with Gasteiger partial charge in [-0.2, -0.15) is 5.10 Å². The van der Waals surface area contributed by atoms with E-state index in [1.54, 1.807) is 11.3 Å². The Bertz CT molecular complexity index is 926. The van der Waals surface area contributed by atoms with Gasteiger partial charge in [-0.1, -0.05) is 26.2 Å². The van der Waals surface area contributed by atoms with Crippen molar-refractivity contribution in [2.75, 3.05) is 13.2 Å². The molecule has 27 heavy (non-hydrogen) atoms. The van der Waals surface area contributed by atoms with Crippen LogP contribution in [0.15, 0.2) is 18.3 Å². The molecule has 0 radical (unpaired) electrons. The van der Waals surface area contributed by atoms with E-state index in [9.17, 15) is 0 Å². The van der Waals surface area contributed by atoms with E-state index < -0.39 is 0 Å². The quantitative estimate of drug-likeness (QED) is 0.628. The Kier molecular flexibility index (Phi) is 4.68. The Labute approximate surface area is 161 Å². The molecule has 1 saturated carbocycles. The van der Waals surface area contributed by atoms with Gasteiger partial charge in [-0.25, -0.2) is 0 Å². The lowest BCUT2D eigenvalue weighted by Gasteiger charge is -2.29. The van der Waals surface area contributed by atoms with E-state index in [1.165, 1.54) is 73.2 Å². The van der Waals surface area contributed by atoms with Gasteiger partial charge in [-0.15, -0.1) is 0 Å². The molecular weight excluding hydrogens is 334 g/mol. The minimum absolute atomic E-state index is 0.645. The van der Waals surface area contributed by atoms with Crippen LogP contribution in [0.2, 0.25) is 0 Å². The van der Waals surface area contributed by atoms with E-state index in [-0.39, 0.29) is 0 Å². The summed E-state index contributed by atoms with van der Waals surface area (Å²) >= 11 is 0. The second-order valence-electron chi connectivity index (χ2n) is 8.50. The summed E-state index contributed by atoms with van der Waals surface area (Å²) in [4.78, 5) is 0. The third-order valence-electron chi connectivity index (χ3n) is 6.77. The summed E-state index contributed by atoms with van der Waals surface area (Å²) in [5.41, 5.74) is 5.91. The van der Waals surface area contributed by atoms with Crippen LogP contribution in [0.3, 0.4) is 0 Å². The minimum Gasteiger partial charge on any atom is -0.381 e. The fourth-order valence-electron chi connectivity index (χ4n) is 5.53. The zero-order valence-corrected chi connectivity index (χ0v) is 16.5. The maximum absolute atomic E-state index is 5.71. The molecule has 1 aromatic carbocycles. The smallest absolute Gasteiger partial charge is 0.0657 e. The molecule has 4 heteroatoms. The number of nitrogens with zero attached hydrogens (tertiary/aromatic N) is 2. The predicted octanol–water partition coefficient (Wildman–Crippen LogP) is 5.87. The van der Waals surface area contributed by atoms with Crippen LogP contribution >= 0.6 is 0 Å². The number of ether oxygens (including phenoxy) is 1. The van der Waals surface area contributed by atoms with Gasteiger partial charge in [0.25, 0.3) is 0 Å². The topological polar surface area (TPSA) is 42.8 Å². The first kappa shape index (κ1) is 17.3. The zero-order chi connectivity index (χ0) is 18.2. The summed E-state index contributed by atoms with van der Waals surface area (Å²) in [6.07, 6.45) is 12.3. The molecule has 4 nitrogen and oxygen atoms in total. The monoisotopic (exact) mass is 365 g/mol. The highest BCUT2D eigenvalue weighted by atomic mass is 16.5. The Morgan fingerprint density at radius 2 is 1.89 bits per heavy atom. The number of nitrogens with one attached hydrogen (secondary N) is 1.